The van der Waals surface area contributed by atoms with Gasteiger partial charge in [-0.2, -0.15) is 5.10 Å². The van der Waals surface area contributed by atoms with E-state index in [-0.39, 0.29) is 5.91 Å². The molecule has 4 rings (SSSR count). The molecule has 1 atom stereocenters. The average Bonchev–Trinajstić information content (AvgIpc) is 3.22. The number of rotatable bonds is 3. The summed E-state index contributed by atoms with van der Waals surface area (Å²) in [4.78, 5) is 18.1. The van der Waals surface area contributed by atoms with Crippen LogP contribution in [0.3, 0.4) is 0 Å². The Hall–Kier alpha value is -2.48. The highest BCUT2D eigenvalue weighted by molar-refractivity contribution is 7.93. The van der Waals surface area contributed by atoms with E-state index < -0.39 is 11.0 Å². The summed E-state index contributed by atoms with van der Waals surface area (Å²) in [5.41, 5.74) is 1.80. The Balaban J connectivity index is 1.55. The van der Waals surface area contributed by atoms with Gasteiger partial charge in [0.2, 0.25) is 0 Å². The number of hydrogen-bond donors (Lipinski definition) is 1. The van der Waals surface area contributed by atoms with Gasteiger partial charge >= 0.3 is 0 Å². The predicted molar refractivity (Wildman–Crippen MR) is 92.1 cm³/mol. The fraction of sp³-hybridized carbons (Fsp3) is 0.312. The lowest BCUT2D eigenvalue weighted by Crippen LogP contribution is -2.29. The van der Waals surface area contributed by atoms with Crippen molar-refractivity contribution in [2.45, 2.75) is 19.3 Å². The van der Waals surface area contributed by atoms with E-state index in [1.165, 1.54) is 30.0 Å². The molecule has 4 heterocycles. The second-order valence-electron chi connectivity index (χ2n) is 5.84. The molecule has 0 saturated carbocycles. The van der Waals surface area contributed by atoms with Crippen LogP contribution in [0.5, 0.6) is 0 Å². The van der Waals surface area contributed by atoms with Gasteiger partial charge in [0.05, 0.1) is 6.20 Å². The van der Waals surface area contributed by atoms with E-state index in [4.69, 9.17) is 0 Å². The van der Waals surface area contributed by atoms with Crippen molar-refractivity contribution in [3.05, 3.63) is 36.8 Å². The van der Waals surface area contributed by atoms with Crippen molar-refractivity contribution in [2.75, 3.05) is 18.0 Å². The van der Waals surface area contributed by atoms with Crippen molar-refractivity contribution in [3.8, 4) is 11.1 Å². The number of nitrogens with zero attached hydrogens (tertiary/aromatic N) is 4. The van der Waals surface area contributed by atoms with Crippen LogP contribution in [0.1, 0.15) is 19.3 Å². The molecule has 1 saturated heterocycles. The molecular formula is C16H17N5O2S. The van der Waals surface area contributed by atoms with Gasteiger partial charge in [-0.25, -0.2) is 13.9 Å². The van der Waals surface area contributed by atoms with Gasteiger partial charge in [-0.05, 0) is 31.4 Å². The van der Waals surface area contributed by atoms with E-state index in [1.54, 1.807) is 12.4 Å². The number of carbonyl (C=O) groups excluding carboxylic acids is 1. The minimum absolute atomic E-state index is 0.337. The topological polar surface area (TPSA) is 80.1 Å². The Labute approximate surface area is 142 Å². The van der Waals surface area contributed by atoms with E-state index in [1.807, 2.05) is 18.3 Å². The van der Waals surface area contributed by atoms with E-state index in [0.717, 1.165) is 30.0 Å². The lowest BCUT2D eigenvalue weighted by Gasteiger charge is -2.27. The van der Waals surface area contributed by atoms with Gasteiger partial charge in [-0.1, -0.05) is 0 Å². The molecule has 1 amide bonds. The first kappa shape index (κ1) is 15.1. The number of nitrogens with one attached hydrogen (secondary N) is 1. The Bertz CT molecular complexity index is 821. The smallest absolute Gasteiger partial charge is 0.258 e. The number of anilines is 1. The quantitative estimate of drug-likeness (QED) is 0.914. The van der Waals surface area contributed by atoms with E-state index in [9.17, 15) is 9.00 Å². The van der Waals surface area contributed by atoms with Crippen molar-refractivity contribution in [1.29, 1.82) is 0 Å². The van der Waals surface area contributed by atoms with Crippen LogP contribution in [-0.2, 0) is 15.8 Å². The number of amides is 1. The van der Waals surface area contributed by atoms with E-state index >= 15 is 0 Å². The van der Waals surface area contributed by atoms with Gasteiger partial charge in [0, 0.05) is 42.7 Å². The van der Waals surface area contributed by atoms with Crippen LogP contribution in [0.2, 0.25) is 0 Å². The third kappa shape index (κ3) is 2.84. The van der Waals surface area contributed by atoms with Crippen molar-refractivity contribution in [1.82, 2.24) is 19.5 Å². The lowest BCUT2D eigenvalue weighted by atomic mass is 10.1. The van der Waals surface area contributed by atoms with Crippen molar-refractivity contribution in [3.63, 3.8) is 0 Å². The Kier molecular flexibility index (Phi) is 3.89. The summed E-state index contributed by atoms with van der Waals surface area (Å²) in [5.74, 6) is 0.633. The molecule has 7 nitrogen and oxygen atoms in total. The summed E-state index contributed by atoms with van der Waals surface area (Å²) >= 11 is 0. The fourth-order valence-electron chi connectivity index (χ4n) is 2.95. The first-order chi connectivity index (χ1) is 11.7. The predicted octanol–water partition coefficient (Wildman–Crippen LogP) is 1.53. The highest BCUT2D eigenvalue weighted by atomic mass is 32.2. The average molecular weight is 343 g/mol. The molecule has 124 valence electrons. The highest BCUT2D eigenvalue weighted by Gasteiger charge is 2.22. The summed E-state index contributed by atoms with van der Waals surface area (Å²) < 4.78 is 15.6. The Morgan fingerprint density at radius 1 is 1.08 bits per heavy atom. The number of pyridine rings is 1. The zero-order valence-electron chi connectivity index (χ0n) is 13.0. The van der Waals surface area contributed by atoms with Crippen LogP contribution in [0.4, 0.5) is 5.82 Å². The van der Waals surface area contributed by atoms with Crippen LogP contribution in [0, 0.1) is 0 Å². The normalized spacial score (nSPS) is 20.8. The van der Waals surface area contributed by atoms with E-state index in [0.29, 0.717) is 5.03 Å². The molecule has 24 heavy (non-hydrogen) atoms. The summed E-state index contributed by atoms with van der Waals surface area (Å²) in [7, 11) is -1.55. The summed E-state index contributed by atoms with van der Waals surface area (Å²) in [6, 6.07) is 4.04. The maximum Gasteiger partial charge on any atom is 0.258 e. The third-order valence-electron chi connectivity index (χ3n) is 4.21. The summed E-state index contributed by atoms with van der Waals surface area (Å²) in [6.07, 6.45) is 10.3. The van der Waals surface area contributed by atoms with Crippen molar-refractivity contribution in [2.24, 2.45) is 0 Å². The molecule has 2 aliphatic heterocycles. The maximum atomic E-state index is 11.8. The van der Waals surface area contributed by atoms with Gasteiger partial charge in [0.1, 0.15) is 5.82 Å². The van der Waals surface area contributed by atoms with Crippen molar-refractivity contribution < 1.29 is 9.00 Å². The van der Waals surface area contributed by atoms with Crippen LogP contribution < -0.4 is 9.62 Å². The second-order valence-corrected chi connectivity index (χ2v) is 7.00. The first-order valence-corrected chi connectivity index (χ1v) is 9.06. The Morgan fingerprint density at radius 2 is 1.92 bits per heavy atom. The zero-order valence-corrected chi connectivity index (χ0v) is 13.8. The molecule has 2 aromatic heterocycles. The molecule has 0 spiro atoms. The number of aromatic nitrogens is 3. The zero-order chi connectivity index (χ0) is 16.5. The van der Waals surface area contributed by atoms with E-state index in [2.05, 4.69) is 19.7 Å². The second kappa shape index (κ2) is 6.20. The van der Waals surface area contributed by atoms with Crippen LogP contribution >= 0.6 is 0 Å². The van der Waals surface area contributed by atoms with Gasteiger partial charge in [-0.3, -0.25) is 9.52 Å². The molecule has 0 aliphatic carbocycles. The summed E-state index contributed by atoms with van der Waals surface area (Å²) in [5, 5.41) is 4.53. The molecule has 2 aromatic rings. The van der Waals surface area contributed by atoms with Crippen LogP contribution in [-0.4, -0.2) is 38.0 Å². The summed E-state index contributed by atoms with van der Waals surface area (Å²) in [6.45, 7) is 2.12. The van der Waals surface area contributed by atoms with Crippen LogP contribution in [0.25, 0.3) is 16.2 Å². The number of carbonyl (C=O) groups is 1. The molecule has 0 bridgehead atoms. The largest absolute Gasteiger partial charge is 0.357 e. The molecule has 8 heteroatoms. The van der Waals surface area contributed by atoms with Gasteiger partial charge in [0.25, 0.3) is 5.91 Å². The number of hydrogen-bond acceptors (Lipinski definition) is 5. The molecule has 1 fully saturated rings. The third-order valence-corrected chi connectivity index (χ3v) is 5.28. The lowest BCUT2D eigenvalue weighted by molar-refractivity contribution is -0.114. The SMILES string of the molecule is O=C1C=C(n2cc(-c3ccc(N4CCCCC4)nc3)cn2)S(=O)N1. The standard InChI is InChI=1S/C16H17N5O2S/c22-15-8-16(24(23)19-15)21-11-13(10-18-21)12-4-5-14(17-9-12)20-6-2-1-3-7-20/h4-5,8-11H,1-3,6-7H2,(H,19,22). The van der Waals surface area contributed by atoms with Crippen molar-refractivity contribution >= 4 is 27.7 Å². The van der Waals surface area contributed by atoms with Gasteiger partial charge in [-0.15, -0.1) is 0 Å². The maximum absolute atomic E-state index is 11.8. The molecule has 2 aliphatic rings. The molecule has 1 unspecified atom stereocenters. The molecule has 0 radical (unpaired) electrons. The first-order valence-electron chi connectivity index (χ1n) is 7.91. The van der Waals surface area contributed by atoms with Gasteiger partial charge in [0.15, 0.2) is 16.0 Å². The van der Waals surface area contributed by atoms with Gasteiger partial charge < -0.3 is 4.90 Å². The number of piperidine rings is 1. The fourth-order valence-corrected chi connectivity index (χ4v) is 3.78. The monoisotopic (exact) mass is 343 g/mol. The Morgan fingerprint density at radius 3 is 2.58 bits per heavy atom. The molecular weight excluding hydrogens is 326 g/mol. The minimum Gasteiger partial charge on any atom is -0.357 e. The molecule has 1 N–H and O–H groups in total. The molecule has 0 aromatic carbocycles. The highest BCUT2D eigenvalue weighted by Crippen LogP contribution is 2.24. The minimum atomic E-state index is -1.55. The van der Waals surface area contributed by atoms with Crippen LogP contribution in [0.15, 0.2) is 36.8 Å².